The van der Waals surface area contributed by atoms with Crippen molar-refractivity contribution in [2.24, 2.45) is 11.8 Å². The van der Waals surface area contributed by atoms with Gasteiger partial charge in [-0.05, 0) is 0 Å². The van der Waals surface area contributed by atoms with E-state index in [1.165, 1.54) is 0 Å². The van der Waals surface area contributed by atoms with Crippen molar-refractivity contribution in [1.82, 2.24) is 10.6 Å². The summed E-state index contributed by atoms with van der Waals surface area (Å²) < 4.78 is 23.8. The first-order valence-electron chi connectivity index (χ1n) is 7.69. The summed E-state index contributed by atoms with van der Waals surface area (Å²) in [6.07, 6.45) is -1.23. The molecule has 1 atom stereocenters. The van der Waals surface area contributed by atoms with Gasteiger partial charge in [0.1, 0.15) is 6.17 Å². The summed E-state index contributed by atoms with van der Waals surface area (Å²) in [5.74, 6) is -0.378. The topological polar surface area (TPSA) is 76.7 Å². The van der Waals surface area contributed by atoms with Crippen molar-refractivity contribution < 1.29 is 23.5 Å². The Kier molecular flexibility index (Phi) is 11.7. The van der Waals surface area contributed by atoms with Gasteiger partial charge in [-0.1, -0.05) is 27.7 Å². The average molecular weight is 320 g/mol. The molecule has 0 saturated carbocycles. The number of ether oxygens (including phenoxy) is 2. The Morgan fingerprint density at radius 3 is 2.05 bits per heavy atom. The average Bonchev–Trinajstić information content (AvgIpc) is 2.46. The van der Waals surface area contributed by atoms with Crippen LogP contribution >= 0.6 is 0 Å². The predicted octanol–water partition coefficient (Wildman–Crippen LogP) is 0.902. The summed E-state index contributed by atoms with van der Waals surface area (Å²) in [6.45, 7) is 8.47. The van der Waals surface area contributed by atoms with Crippen LogP contribution in [0.5, 0.6) is 0 Å². The lowest BCUT2D eigenvalue weighted by Crippen LogP contribution is -2.35. The molecule has 6 nitrogen and oxygen atoms in total. The largest absolute Gasteiger partial charge is 0.377 e. The van der Waals surface area contributed by atoms with E-state index < -0.39 is 6.17 Å². The molecule has 0 spiro atoms. The number of nitrogens with one attached hydrogen (secondary N) is 2. The Balaban J connectivity index is 3.39. The molecule has 0 aliphatic heterocycles. The van der Waals surface area contributed by atoms with E-state index in [0.717, 1.165) is 0 Å². The van der Waals surface area contributed by atoms with Crippen molar-refractivity contribution in [3.63, 3.8) is 0 Å². The van der Waals surface area contributed by atoms with E-state index in [4.69, 9.17) is 9.47 Å². The van der Waals surface area contributed by atoms with Gasteiger partial charge in [0, 0.05) is 18.4 Å². The van der Waals surface area contributed by atoms with E-state index in [1.54, 1.807) is 13.8 Å². The van der Waals surface area contributed by atoms with E-state index in [0.29, 0.717) is 19.8 Å². The number of alkyl halides is 1. The maximum atomic E-state index is 13.4. The van der Waals surface area contributed by atoms with E-state index in [1.807, 2.05) is 13.8 Å². The highest BCUT2D eigenvalue weighted by atomic mass is 19.1. The smallest absolute Gasteiger partial charge is 0.222 e. The zero-order chi connectivity index (χ0) is 17.0. The van der Waals surface area contributed by atoms with Gasteiger partial charge in [0.15, 0.2) is 0 Å². The van der Waals surface area contributed by atoms with Crippen molar-refractivity contribution in [3.05, 3.63) is 0 Å². The lowest BCUT2D eigenvalue weighted by atomic mass is 10.2. The summed E-state index contributed by atoms with van der Waals surface area (Å²) in [6, 6.07) is 0. The molecule has 0 aliphatic carbocycles. The maximum Gasteiger partial charge on any atom is 0.222 e. The first-order valence-corrected chi connectivity index (χ1v) is 7.69. The Morgan fingerprint density at radius 2 is 1.45 bits per heavy atom. The van der Waals surface area contributed by atoms with Gasteiger partial charge in [0.2, 0.25) is 11.8 Å². The van der Waals surface area contributed by atoms with Crippen LogP contribution in [0.3, 0.4) is 0 Å². The zero-order valence-corrected chi connectivity index (χ0v) is 14.0. The van der Waals surface area contributed by atoms with Gasteiger partial charge >= 0.3 is 0 Å². The molecule has 0 bridgehead atoms. The van der Waals surface area contributed by atoms with Crippen LogP contribution in [0.2, 0.25) is 0 Å². The summed E-state index contributed by atoms with van der Waals surface area (Å²) in [7, 11) is 0. The third kappa shape index (κ3) is 11.4. The molecule has 0 aromatic carbocycles. The van der Waals surface area contributed by atoms with E-state index in [9.17, 15) is 14.0 Å². The third-order valence-electron chi connectivity index (χ3n) is 2.76. The molecule has 2 N–H and O–H groups in total. The molecule has 2 amide bonds. The molecule has 0 aliphatic rings. The van der Waals surface area contributed by atoms with Crippen LogP contribution in [0.25, 0.3) is 0 Å². The van der Waals surface area contributed by atoms with Crippen LogP contribution < -0.4 is 10.6 Å². The van der Waals surface area contributed by atoms with Crippen LogP contribution in [0.4, 0.5) is 4.39 Å². The SMILES string of the molecule is CC(C)C(=O)NCCOCCOCC(F)CNC(=O)C(C)C. The number of hydrogen-bond donors (Lipinski definition) is 2. The minimum Gasteiger partial charge on any atom is -0.377 e. The molecule has 22 heavy (non-hydrogen) atoms. The molecule has 0 saturated heterocycles. The molecule has 7 heteroatoms. The summed E-state index contributed by atoms with van der Waals surface area (Å²) in [5.41, 5.74) is 0. The van der Waals surface area contributed by atoms with Crippen LogP contribution in [-0.4, -0.2) is 57.5 Å². The molecule has 0 fully saturated rings. The first-order chi connectivity index (χ1) is 10.3. The van der Waals surface area contributed by atoms with Crippen LogP contribution in [0, 0.1) is 11.8 Å². The lowest BCUT2D eigenvalue weighted by Gasteiger charge is -2.12. The molecular formula is C15H29FN2O4. The van der Waals surface area contributed by atoms with E-state index in [-0.39, 0.29) is 43.4 Å². The number of carbonyl (C=O) groups is 2. The minimum atomic E-state index is -1.23. The molecule has 0 aromatic rings. The fourth-order valence-electron chi connectivity index (χ4n) is 1.36. The van der Waals surface area contributed by atoms with Crippen molar-refractivity contribution in [2.45, 2.75) is 33.9 Å². The molecule has 1 unspecified atom stereocenters. The fraction of sp³-hybridized carbons (Fsp3) is 0.867. The Hall–Kier alpha value is -1.21. The summed E-state index contributed by atoms with van der Waals surface area (Å²) >= 11 is 0. The number of hydrogen-bond acceptors (Lipinski definition) is 4. The highest BCUT2D eigenvalue weighted by Gasteiger charge is 2.11. The van der Waals surface area contributed by atoms with Crippen molar-refractivity contribution in [2.75, 3.05) is 39.5 Å². The fourth-order valence-corrected chi connectivity index (χ4v) is 1.36. The Morgan fingerprint density at radius 1 is 0.909 bits per heavy atom. The number of amides is 2. The van der Waals surface area contributed by atoms with Crippen molar-refractivity contribution >= 4 is 11.8 Å². The van der Waals surface area contributed by atoms with Gasteiger partial charge < -0.3 is 20.1 Å². The van der Waals surface area contributed by atoms with Crippen LogP contribution in [0.15, 0.2) is 0 Å². The number of halogens is 1. The standard InChI is InChI=1S/C15H29FN2O4/c1-11(2)14(19)17-5-6-21-7-8-22-10-13(16)9-18-15(20)12(3)4/h11-13H,5-10H2,1-4H3,(H,17,19)(H,18,20). The monoisotopic (exact) mass is 320 g/mol. The van der Waals surface area contributed by atoms with E-state index >= 15 is 0 Å². The first kappa shape index (κ1) is 20.8. The van der Waals surface area contributed by atoms with Crippen molar-refractivity contribution in [1.29, 1.82) is 0 Å². The van der Waals surface area contributed by atoms with Crippen LogP contribution in [-0.2, 0) is 19.1 Å². The zero-order valence-electron chi connectivity index (χ0n) is 14.0. The van der Waals surface area contributed by atoms with Gasteiger partial charge in [-0.3, -0.25) is 9.59 Å². The molecule has 0 rings (SSSR count). The summed E-state index contributed by atoms with van der Waals surface area (Å²) in [4.78, 5) is 22.5. The Bertz CT molecular complexity index is 325. The minimum absolute atomic E-state index is 0.0106. The third-order valence-corrected chi connectivity index (χ3v) is 2.76. The number of carbonyl (C=O) groups excluding carboxylic acids is 2. The second kappa shape index (κ2) is 12.3. The Labute approximate surface area is 132 Å². The second-order valence-corrected chi connectivity index (χ2v) is 5.63. The molecular weight excluding hydrogens is 291 g/mol. The van der Waals surface area contributed by atoms with Crippen molar-refractivity contribution in [3.8, 4) is 0 Å². The highest BCUT2D eigenvalue weighted by molar-refractivity contribution is 5.78. The quantitative estimate of drug-likeness (QED) is 0.524. The van der Waals surface area contributed by atoms with Gasteiger partial charge in [0.25, 0.3) is 0 Å². The molecule has 0 heterocycles. The van der Waals surface area contributed by atoms with Gasteiger partial charge in [-0.15, -0.1) is 0 Å². The van der Waals surface area contributed by atoms with E-state index in [2.05, 4.69) is 10.6 Å². The summed E-state index contributed by atoms with van der Waals surface area (Å²) in [5, 5.41) is 5.23. The normalized spacial score (nSPS) is 12.5. The maximum absolute atomic E-state index is 13.4. The molecule has 0 aromatic heterocycles. The predicted molar refractivity (Wildman–Crippen MR) is 82.2 cm³/mol. The van der Waals surface area contributed by atoms with Gasteiger partial charge in [-0.2, -0.15) is 0 Å². The lowest BCUT2D eigenvalue weighted by molar-refractivity contribution is -0.125. The highest BCUT2D eigenvalue weighted by Crippen LogP contribution is 1.94. The van der Waals surface area contributed by atoms with Gasteiger partial charge in [0.05, 0.1) is 33.0 Å². The number of rotatable bonds is 12. The van der Waals surface area contributed by atoms with Gasteiger partial charge in [-0.25, -0.2) is 4.39 Å². The van der Waals surface area contributed by atoms with Crippen LogP contribution in [0.1, 0.15) is 27.7 Å². The molecule has 0 radical (unpaired) electrons. The molecule has 130 valence electrons. The second-order valence-electron chi connectivity index (χ2n) is 5.63.